The minimum absolute atomic E-state index is 1.02. The molecule has 2 heteroatoms. The molecule has 0 bridgehead atoms. The Hall–Kier alpha value is -2.61. The number of hydrogen-bond acceptors (Lipinski definition) is 2. The first-order valence-corrected chi connectivity index (χ1v) is 7.50. The summed E-state index contributed by atoms with van der Waals surface area (Å²) in [5.41, 5.74) is 6.98. The van der Waals surface area contributed by atoms with Crippen LogP contribution < -0.4 is 4.90 Å². The van der Waals surface area contributed by atoms with Gasteiger partial charge in [-0.15, -0.1) is 0 Å². The van der Waals surface area contributed by atoms with Crippen molar-refractivity contribution in [1.82, 2.24) is 4.98 Å². The normalized spacial score (nSPS) is 10.5. The van der Waals surface area contributed by atoms with Crippen molar-refractivity contribution in [3.8, 4) is 0 Å². The molecular formula is C20H20N2. The standard InChI is InChI=1S/C20H20N2/c1-15-9-11-19(13-16(15)2)22(18-7-5-4-6-8-18)20-12-10-17(3)21-14-20/h4-14H,1-3H3. The van der Waals surface area contributed by atoms with Gasteiger partial charge in [0.1, 0.15) is 0 Å². The summed E-state index contributed by atoms with van der Waals surface area (Å²) in [5.74, 6) is 0. The third-order valence-electron chi connectivity index (χ3n) is 3.92. The van der Waals surface area contributed by atoms with Crippen LogP contribution in [0, 0.1) is 20.8 Å². The van der Waals surface area contributed by atoms with Gasteiger partial charge in [0.15, 0.2) is 0 Å². The lowest BCUT2D eigenvalue weighted by atomic mass is 10.1. The Morgan fingerprint density at radius 2 is 1.41 bits per heavy atom. The summed E-state index contributed by atoms with van der Waals surface area (Å²) in [6.45, 7) is 6.29. The van der Waals surface area contributed by atoms with Gasteiger partial charge in [-0.25, -0.2) is 0 Å². The van der Waals surface area contributed by atoms with Gasteiger partial charge in [0.25, 0.3) is 0 Å². The van der Waals surface area contributed by atoms with Gasteiger partial charge in [-0.05, 0) is 68.3 Å². The molecule has 3 rings (SSSR count). The fraction of sp³-hybridized carbons (Fsp3) is 0.150. The van der Waals surface area contributed by atoms with E-state index in [1.54, 1.807) is 0 Å². The van der Waals surface area contributed by atoms with Crippen LogP contribution in [0.1, 0.15) is 16.8 Å². The molecule has 2 nitrogen and oxygen atoms in total. The zero-order valence-corrected chi connectivity index (χ0v) is 13.2. The largest absolute Gasteiger partial charge is 0.309 e. The number of aryl methyl sites for hydroxylation is 3. The van der Waals surface area contributed by atoms with E-state index in [0.29, 0.717) is 0 Å². The lowest BCUT2D eigenvalue weighted by molar-refractivity contribution is 1.16. The SMILES string of the molecule is Cc1ccc(N(c2ccccc2)c2ccc(C)c(C)c2)cn1. The number of anilines is 3. The summed E-state index contributed by atoms with van der Waals surface area (Å²) in [5, 5.41) is 0. The zero-order chi connectivity index (χ0) is 15.5. The summed E-state index contributed by atoms with van der Waals surface area (Å²) in [6.07, 6.45) is 1.93. The van der Waals surface area contributed by atoms with Crippen molar-refractivity contribution in [1.29, 1.82) is 0 Å². The quantitative estimate of drug-likeness (QED) is 0.634. The van der Waals surface area contributed by atoms with Crippen molar-refractivity contribution < 1.29 is 0 Å². The fourth-order valence-corrected chi connectivity index (χ4v) is 2.48. The first-order chi connectivity index (χ1) is 10.6. The average Bonchev–Trinajstić information content (AvgIpc) is 2.54. The van der Waals surface area contributed by atoms with E-state index in [1.165, 1.54) is 11.1 Å². The average molecular weight is 288 g/mol. The number of hydrogen-bond donors (Lipinski definition) is 0. The predicted molar refractivity (Wildman–Crippen MR) is 93.1 cm³/mol. The molecule has 2 aromatic carbocycles. The molecule has 110 valence electrons. The Morgan fingerprint density at radius 1 is 0.682 bits per heavy atom. The monoisotopic (exact) mass is 288 g/mol. The number of pyridine rings is 1. The van der Waals surface area contributed by atoms with Gasteiger partial charge in [0.05, 0.1) is 11.9 Å². The maximum Gasteiger partial charge on any atom is 0.0645 e. The first-order valence-electron chi connectivity index (χ1n) is 7.50. The minimum Gasteiger partial charge on any atom is -0.309 e. The summed E-state index contributed by atoms with van der Waals surface area (Å²) in [4.78, 5) is 6.68. The summed E-state index contributed by atoms with van der Waals surface area (Å²) < 4.78 is 0. The maximum absolute atomic E-state index is 4.45. The van der Waals surface area contributed by atoms with Gasteiger partial charge in [-0.3, -0.25) is 4.98 Å². The van der Waals surface area contributed by atoms with Crippen LogP contribution in [0.2, 0.25) is 0 Å². The van der Waals surface area contributed by atoms with E-state index in [2.05, 4.69) is 72.3 Å². The molecule has 3 aromatic rings. The predicted octanol–water partition coefficient (Wildman–Crippen LogP) is 5.48. The highest BCUT2D eigenvalue weighted by Crippen LogP contribution is 2.34. The Morgan fingerprint density at radius 3 is 2.05 bits per heavy atom. The van der Waals surface area contributed by atoms with Crippen LogP contribution in [-0.2, 0) is 0 Å². The molecule has 0 atom stereocenters. The van der Waals surface area contributed by atoms with Gasteiger partial charge < -0.3 is 4.90 Å². The van der Waals surface area contributed by atoms with E-state index in [4.69, 9.17) is 0 Å². The van der Waals surface area contributed by atoms with Gasteiger partial charge in [-0.1, -0.05) is 24.3 Å². The van der Waals surface area contributed by atoms with Crippen LogP contribution >= 0.6 is 0 Å². The number of para-hydroxylation sites is 1. The third-order valence-corrected chi connectivity index (χ3v) is 3.92. The lowest BCUT2D eigenvalue weighted by Crippen LogP contribution is -2.10. The minimum atomic E-state index is 1.02. The molecule has 0 spiro atoms. The van der Waals surface area contributed by atoms with Gasteiger partial charge in [0.2, 0.25) is 0 Å². The number of benzene rings is 2. The fourth-order valence-electron chi connectivity index (χ4n) is 2.48. The van der Waals surface area contributed by atoms with Crippen LogP contribution in [0.15, 0.2) is 66.9 Å². The van der Waals surface area contributed by atoms with Gasteiger partial charge in [0, 0.05) is 17.1 Å². The van der Waals surface area contributed by atoms with Crippen molar-refractivity contribution in [3.05, 3.63) is 83.7 Å². The number of aromatic nitrogens is 1. The van der Waals surface area contributed by atoms with E-state index in [0.717, 1.165) is 22.8 Å². The zero-order valence-electron chi connectivity index (χ0n) is 13.2. The van der Waals surface area contributed by atoms with Crippen molar-refractivity contribution in [3.63, 3.8) is 0 Å². The highest BCUT2D eigenvalue weighted by molar-refractivity contribution is 5.76. The summed E-state index contributed by atoms with van der Waals surface area (Å²) in [7, 11) is 0. The molecule has 0 amide bonds. The van der Waals surface area contributed by atoms with Crippen LogP contribution in [0.5, 0.6) is 0 Å². The second-order valence-electron chi connectivity index (χ2n) is 5.60. The smallest absolute Gasteiger partial charge is 0.0645 e. The molecule has 0 aliphatic rings. The van der Waals surface area contributed by atoms with Crippen molar-refractivity contribution in [2.24, 2.45) is 0 Å². The summed E-state index contributed by atoms with van der Waals surface area (Å²) >= 11 is 0. The topological polar surface area (TPSA) is 16.1 Å². The number of nitrogens with zero attached hydrogens (tertiary/aromatic N) is 2. The van der Waals surface area contributed by atoms with Crippen molar-refractivity contribution in [2.75, 3.05) is 4.90 Å². The van der Waals surface area contributed by atoms with E-state index in [-0.39, 0.29) is 0 Å². The number of rotatable bonds is 3. The molecule has 0 unspecified atom stereocenters. The second kappa shape index (κ2) is 6.02. The molecule has 0 aliphatic carbocycles. The molecule has 1 heterocycles. The van der Waals surface area contributed by atoms with E-state index in [1.807, 2.05) is 25.3 Å². The molecule has 1 aromatic heterocycles. The second-order valence-corrected chi connectivity index (χ2v) is 5.60. The van der Waals surface area contributed by atoms with E-state index < -0.39 is 0 Å². The Labute approximate surface area is 132 Å². The Bertz CT molecular complexity index is 761. The molecule has 0 saturated heterocycles. The Kier molecular flexibility index (Phi) is 3.92. The van der Waals surface area contributed by atoms with Crippen LogP contribution in [0.3, 0.4) is 0 Å². The highest BCUT2D eigenvalue weighted by atomic mass is 15.1. The molecular weight excluding hydrogens is 268 g/mol. The maximum atomic E-state index is 4.45. The van der Waals surface area contributed by atoms with Crippen molar-refractivity contribution >= 4 is 17.1 Å². The summed E-state index contributed by atoms with van der Waals surface area (Å²) in [6, 6.07) is 21.1. The molecule has 0 fully saturated rings. The molecule has 0 radical (unpaired) electrons. The van der Waals surface area contributed by atoms with Crippen molar-refractivity contribution in [2.45, 2.75) is 20.8 Å². The van der Waals surface area contributed by atoms with Gasteiger partial charge in [-0.2, -0.15) is 0 Å². The Balaban J connectivity index is 2.14. The molecule has 0 aliphatic heterocycles. The third kappa shape index (κ3) is 2.86. The lowest BCUT2D eigenvalue weighted by Gasteiger charge is -2.25. The molecule has 0 N–H and O–H groups in total. The van der Waals surface area contributed by atoms with Gasteiger partial charge >= 0.3 is 0 Å². The van der Waals surface area contributed by atoms with E-state index >= 15 is 0 Å². The first kappa shape index (κ1) is 14.3. The van der Waals surface area contributed by atoms with E-state index in [9.17, 15) is 0 Å². The van der Waals surface area contributed by atoms with Crippen LogP contribution in [-0.4, -0.2) is 4.98 Å². The van der Waals surface area contributed by atoms with Crippen LogP contribution in [0.4, 0.5) is 17.1 Å². The molecule has 0 saturated carbocycles. The highest BCUT2D eigenvalue weighted by Gasteiger charge is 2.12. The molecule has 22 heavy (non-hydrogen) atoms. The van der Waals surface area contributed by atoms with Crippen LogP contribution in [0.25, 0.3) is 0 Å².